The van der Waals surface area contributed by atoms with Gasteiger partial charge in [0.25, 0.3) is 0 Å². The maximum Gasteiger partial charge on any atom is 0.208 e. The number of aliphatic imine (C=N–C) groups is 1. The molecule has 0 amide bonds. The number of sulfonamides is 1. The van der Waals surface area contributed by atoms with E-state index in [2.05, 4.69) is 20.3 Å². The SMILES string of the molecule is CCNC(=NCCNS(C)(=O)=O)NCCc1ccc(OC)cc1.I. The highest BCUT2D eigenvalue weighted by atomic mass is 127. The first-order valence-corrected chi connectivity index (χ1v) is 9.43. The largest absolute Gasteiger partial charge is 0.497 e. The Labute approximate surface area is 161 Å². The number of benzene rings is 1. The molecule has 0 aliphatic heterocycles. The molecule has 1 rings (SSSR count). The number of methoxy groups -OCH3 is 1. The third-order valence-corrected chi connectivity index (χ3v) is 3.68. The van der Waals surface area contributed by atoms with Gasteiger partial charge in [0.2, 0.25) is 10.0 Å². The lowest BCUT2D eigenvalue weighted by atomic mass is 10.1. The predicted octanol–water partition coefficient (Wildman–Crippen LogP) is 0.960. The molecule has 0 saturated carbocycles. The molecule has 9 heteroatoms. The zero-order valence-electron chi connectivity index (χ0n) is 14.3. The number of nitrogens with one attached hydrogen (secondary N) is 3. The highest BCUT2D eigenvalue weighted by Gasteiger charge is 2.00. The average molecular weight is 470 g/mol. The van der Waals surface area contributed by atoms with Crippen molar-refractivity contribution in [2.75, 3.05) is 39.5 Å². The predicted molar refractivity (Wildman–Crippen MR) is 109 cm³/mol. The average Bonchev–Trinajstić information content (AvgIpc) is 2.51. The van der Waals surface area contributed by atoms with Crippen molar-refractivity contribution in [2.24, 2.45) is 4.99 Å². The van der Waals surface area contributed by atoms with E-state index in [0.717, 1.165) is 31.5 Å². The van der Waals surface area contributed by atoms with Gasteiger partial charge in [0, 0.05) is 19.6 Å². The molecule has 1 aromatic carbocycles. The Morgan fingerprint density at radius 3 is 2.38 bits per heavy atom. The fourth-order valence-electron chi connectivity index (χ4n) is 1.86. The zero-order chi connectivity index (χ0) is 17.1. The fraction of sp³-hybridized carbons (Fsp3) is 0.533. The van der Waals surface area contributed by atoms with E-state index in [1.54, 1.807) is 7.11 Å². The van der Waals surface area contributed by atoms with Gasteiger partial charge in [0.1, 0.15) is 5.75 Å². The van der Waals surface area contributed by atoms with Gasteiger partial charge in [-0.1, -0.05) is 12.1 Å². The van der Waals surface area contributed by atoms with E-state index in [1.165, 1.54) is 5.56 Å². The molecule has 0 heterocycles. The van der Waals surface area contributed by atoms with Gasteiger partial charge >= 0.3 is 0 Å². The lowest BCUT2D eigenvalue weighted by Gasteiger charge is -2.11. The van der Waals surface area contributed by atoms with Crippen LogP contribution in [-0.2, 0) is 16.4 Å². The Morgan fingerprint density at radius 1 is 1.17 bits per heavy atom. The Morgan fingerprint density at radius 2 is 1.83 bits per heavy atom. The van der Waals surface area contributed by atoms with Crippen LogP contribution in [0.15, 0.2) is 29.3 Å². The van der Waals surface area contributed by atoms with Crippen molar-refractivity contribution in [3.63, 3.8) is 0 Å². The van der Waals surface area contributed by atoms with Crippen molar-refractivity contribution in [3.05, 3.63) is 29.8 Å². The number of halogens is 1. The molecule has 7 nitrogen and oxygen atoms in total. The highest BCUT2D eigenvalue weighted by Crippen LogP contribution is 2.11. The maximum absolute atomic E-state index is 11.0. The van der Waals surface area contributed by atoms with Crippen LogP contribution in [0.1, 0.15) is 12.5 Å². The van der Waals surface area contributed by atoms with E-state index in [1.807, 2.05) is 31.2 Å². The van der Waals surface area contributed by atoms with Crippen molar-refractivity contribution in [1.82, 2.24) is 15.4 Å². The fourth-order valence-corrected chi connectivity index (χ4v) is 2.32. The molecule has 0 saturated heterocycles. The first-order chi connectivity index (χ1) is 10.9. The Balaban J connectivity index is 0.00000529. The lowest BCUT2D eigenvalue weighted by Crippen LogP contribution is -2.39. The molecule has 3 N–H and O–H groups in total. The van der Waals surface area contributed by atoms with Gasteiger partial charge in [-0.2, -0.15) is 0 Å². The molecule has 24 heavy (non-hydrogen) atoms. The summed E-state index contributed by atoms with van der Waals surface area (Å²) in [5, 5.41) is 6.35. The minimum Gasteiger partial charge on any atom is -0.497 e. The number of hydrogen-bond acceptors (Lipinski definition) is 4. The third-order valence-electron chi connectivity index (χ3n) is 2.96. The summed E-state index contributed by atoms with van der Waals surface area (Å²) < 4.78 is 29.5. The Bertz CT molecular complexity index is 591. The summed E-state index contributed by atoms with van der Waals surface area (Å²) in [5.41, 5.74) is 1.20. The Kier molecular flexibility index (Phi) is 11.8. The van der Waals surface area contributed by atoms with Gasteiger partial charge in [-0.3, -0.25) is 4.99 Å². The summed E-state index contributed by atoms with van der Waals surface area (Å²) in [6, 6.07) is 7.93. The van der Waals surface area contributed by atoms with Gasteiger partial charge in [-0.25, -0.2) is 13.1 Å². The molecule has 0 bridgehead atoms. The first-order valence-electron chi connectivity index (χ1n) is 7.54. The summed E-state index contributed by atoms with van der Waals surface area (Å²) in [6.07, 6.45) is 1.99. The van der Waals surface area contributed by atoms with E-state index in [0.29, 0.717) is 12.5 Å². The quantitative estimate of drug-likeness (QED) is 0.217. The molecule has 138 valence electrons. The minimum atomic E-state index is -3.16. The minimum absolute atomic E-state index is 0. The lowest BCUT2D eigenvalue weighted by molar-refractivity contribution is 0.414. The van der Waals surface area contributed by atoms with Gasteiger partial charge < -0.3 is 15.4 Å². The van der Waals surface area contributed by atoms with E-state index < -0.39 is 10.0 Å². The summed E-state index contributed by atoms with van der Waals surface area (Å²) in [4.78, 5) is 4.32. The second-order valence-electron chi connectivity index (χ2n) is 4.95. The molecular formula is C15H27IN4O3S. The number of rotatable bonds is 9. The molecule has 0 spiro atoms. The molecule has 0 aliphatic carbocycles. The second kappa shape index (κ2) is 12.3. The monoisotopic (exact) mass is 470 g/mol. The van der Waals surface area contributed by atoms with Crippen LogP contribution in [-0.4, -0.2) is 53.9 Å². The number of nitrogens with zero attached hydrogens (tertiary/aromatic N) is 1. The van der Waals surface area contributed by atoms with Crippen molar-refractivity contribution >= 4 is 40.0 Å². The van der Waals surface area contributed by atoms with E-state index in [4.69, 9.17) is 4.74 Å². The van der Waals surface area contributed by atoms with E-state index in [9.17, 15) is 8.42 Å². The van der Waals surface area contributed by atoms with Crippen LogP contribution in [0.4, 0.5) is 0 Å². The van der Waals surface area contributed by atoms with Crippen molar-refractivity contribution in [3.8, 4) is 5.75 Å². The number of hydrogen-bond donors (Lipinski definition) is 3. The number of ether oxygens (including phenoxy) is 1. The van der Waals surface area contributed by atoms with Crippen LogP contribution >= 0.6 is 24.0 Å². The van der Waals surface area contributed by atoms with E-state index in [-0.39, 0.29) is 30.5 Å². The summed E-state index contributed by atoms with van der Waals surface area (Å²) >= 11 is 0. The molecule has 0 radical (unpaired) electrons. The Hall–Kier alpha value is -1.07. The molecular weight excluding hydrogens is 443 g/mol. The zero-order valence-corrected chi connectivity index (χ0v) is 17.5. The molecule has 0 atom stereocenters. The van der Waals surface area contributed by atoms with Crippen LogP contribution in [0.2, 0.25) is 0 Å². The molecule has 1 aromatic rings. The van der Waals surface area contributed by atoms with Crippen molar-refractivity contribution in [2.45, 2.75) is 13.3 Å². The van der Waals surface area contributed by atoms with Crippen molar-refractivity contribution < 1.29 is 13.2 Å². The normalized spacial score (nSPS) is 11.5. The summed E-state index contributed by atoms with van der Waals surface area (Å²) in [5.74, 6) is 1.52. The van der Waals surface area contributed by atoms with Gasteiger partial charge in [-0.05, 0) is 31.0 Å². The first kappa shape index (κ1) is 22.9. The smallest absolute Gasteiger partial charge is 0.208 e. The van der Waals surface area contributed by atoms with E-state index >= 15 is 0 Å². The molecule has 0 aliphatic rings. The summed E-state index contributed by atoms with van der Waals surface area (Å²) in [7, 11) is -1.52. The van der Waals surface area contributed by atoms with Gasteiger partial charge in [0.15, 0.2) is 5.96 Å². The van der Waals surface area contributed by atoms with Gasteiger partial charge in [0.05, 0.1) is 19.9 Å². The van der Waals surface area contributed by atoms with Gasteiger partial charge in [-0.15, -0.1) is 24.0 Å². The van der Waals surface area contributed by atoms with Crippen LogP contribution in [0.5, 0.6) is 5.75 Å². The molecule has 0 fully saturated rings. The van der Waals surface area contributed by atoms with Crippen molar-refractivity contribution in [1.29, 1.82) is 0 Å². The number of guanidine groups is 1. The molecule has 0 aromatic heterocycles. The second-order valence-corrected chi connectivity index (χ2v) is 6.79. The van der Waals surface area contributed by atoms with Crippen LogP contribution < -0.4 is 20.1 Å². The highest BCUT2D eigenvalue weighted by molar-refractivity contribution is 14.0. The summed E-state index contributed by atoms with van der Waals surface area (Å²) in [6.45, 7) is 4.12. The van der Waals surface area contributed by atoms with Crippen LogP contribution in [0, 0.1) is 0 Å². The molecule has 0 unspecified atom stereocenters. The third kappa shape index (κ3) is 10.7. The van der Waals surface area contributed by atoms with Crippen LogP contribution in [0.3, 0.4) is 0 Å². The topological polar surface area (TPSA) is 91.8 Å². The van der Waals surface area contributed by atoms with Crippen LogP contribution in [0.25, 0.3) is 0 Å². The maximum atomic E-state index is 11.0. The standard InChI is InChI=1S/C15H26N4O3S.HI/c1-4-16-15(18-11-12-19-23(3,20)21)17-10-9-13-5-7-14(22-2)8-6-13;/h5-8,19H,4,9-12H2,1-3H3,(H2,16,17,18);1H.